The van der Waals surface area contributed by atoms with E-state index in [1.165, 1.54) is 12.1 Å². The summed E-state index contributed by atoms with van der Waals surface area (Å²) in [6.07, 6.45) is 4.38. The summed E-state index contributed by atoms with van der Waals surface area (Å²) in [5, 5.41) is 1.48. The molecule has 1 N–H and O–H groups in total. The first-order chi connectivity index (χ1) is 11.1. The summed E-state index contributed by atoms with van der Waals surface area (Å²) in [5.74, 6) is 0. The number of fused-ring (bicyclic) bond motifs is 1. The number of sulfonamides is 1. The third-order valence-electron chi connectivity index (χ3n) is 3.50. The number of rotatable bonds is 6. The van der Waals surface area contributed by atoms with Crippen molar-refractivity contribution in [2.45, 2.75) is 17.9 Å². The van der Waals surface area contributed by atoms with Gasteiger partial charge in [0.2, 0.25) is 10.0 Å². The number of benzene rings is 1. The highest BCUT2D eigenvalue weighted by atomic mass is 35.5. The number of nitrogens with one attached hydrogen (secondary N) is 1. The lowest BCUT2D eigenvalue weighted by molar-refractivity contribution is 0.571. The van der Waals surface area contributed by atoms with Crippen LogP contribution in [0.3, 0.4) is 0 Å². The van der Waals surface area contributed by atoms with E-state index < -0.39 is 10.0 Å². The minimum Gasteiger partial charge on any atom is -0.332 e. The fraction of sp³-hybridized carbons (Fsp3) is 0.188. The Bertz CT molecular complexity index is 922. The standard InChI is InChI=1S/C16H16ClN3O2S/c17-14-5-1-6-15(12-14)23(21,22)19-9-3-10-20-11-7-13-4-2-8-18-16(13)20/h1-2,4-8,11-12,19H,3,9-10H2. The highest BCUT2D eigenvalue weighted by Crippen LogP contribution is 2.15. The van der Waals surface area contributed by atoms with Crippen molar-refractivity contribution in [3.63, 3.8) is 0 Å². The average molecular weight is 350 g/mol. The van der Waals surface area contributed by atoms with Crippen molar-refractivity contribution in [1.82, 2.24) is 14.3 Å². The Labute approximate surface area is 140 Å². The summed E-state index contributed by atoms with van der Waals surface area (Å²) >= 11 is 5.83. The molecule has 2 aromatic heterocycles. The van der Waals surface area contributed by atoms with E-state index in [0.717, 1.165) is 11.0 Å². The van der Waals surface area contributed by atoms with Crippen LogP contribution in [0, 0.1) is 0 Å². The molecule has 0 atom stereocenters. The fourth-order valence-corrected chi connectivity index (χ4v) is 3.75. The third kappa shape index (κ3) is 3.72. The molecule has 0 aliphatic heterocycles. The largest absolute Gasteiger partial charge is 0.332 e. The molecule has 0 spiro atoms. The lowest BCUT2D eigenvalue weighted by atomic mass is 10.3. The Morgan fingerprint density at radius 3 is 2.87 bits per heavy atom. The topological polar surface area (TPSA) is 64.0 Å². The monoisotopic (exact) mass is 349 g/mol. The lowest BCUT2D eigenvalue weighted by Gasteiger charge is -2.08. The van der Waals surface area contributed by atoms with Gasteiger partial charge in [-0.25, -0.2) is 18.1 Å². The quantitative estimate of drug-likeness (QED) is 0.696. The van der Waals surface area contributed by atoms with Gasteiger partial charge < -0.3 is 4.57 Å². The van der Waals surface area contributed by atoms with E-state index in [1.54, 1.807) is 18.3 Å². The number of hydrogen-bond donors (Lipinski definition) is 1. The van der Waals surface area contributed by atoms with E-state index in [1.807, 2.05) is 29.0 Å². The summed E-state index contributed by atoms with van der Waals surface area (Å²) in [4.78, 5) is 4.51. The molecule has 0 saturated heterocycles. The molecule has 120 valence electrons. The summed E-state index contributed by atoms with van der Waals surface area (Å²) < 4.78 is 28.9. The van der Waals surface area contributed by atoms with Gasteiger partial charge in [0.05, 0.1) is 4.90 Å². The minimum absolute atomic E-state index is 0.179. The van der Waals surface area contributed by atoms with Gasteiger partial charge in [-0.15, -0.1) is 0 Å². The normalized spacial score (nSPS) is 11.9. The number of hydrogen-bond acceptors (Lipinski definition) is 3. The van der Waals surface area contributed by atoms with Crippen LogP contribution in [-0.2, 0) is 16.6 Å². The van der Waals surface area contributed by atoms with Crippen LogP contribution in [0.4, 0.5) is 0 Å². The van der Waals surface area contributed by atoms with Crippen LogP contribution >= 0.6 is 11.6 Å². The third-order valence-corrected chi connectivity index (χ3v) is 5.19. The maximum atomic E-state index is 12.2. The predicted molar refractivity (Wildman–Crippen MR) is 91.0 cm³/mol. The molecule has 0 aliphatic carbocycles. The number of nitrogens with zero attached hydrogens (tertiary/aromatic N) is 2. The molecule has 3 aromatic rings. The van der Waals surface area contributed by atoms with Gasteiger partial charge in [0.1, 0.15) is 5.65 Å². The SMILES string of the molecule is O=S(=O)(NCCCn1ccc2cccnc21)c1cccc(Cl)c1. The first-order valence-electron chi connectivity index (χ1n) is 7.21. The number of aromatic nitrogens is 2. The van der Waals surface area contributed by atoms with Crippen molar-refractivity contribution < 1.29 is 8.42 Å². The van der Waals surface area contributed by atoms with Crippen molar-refractivity contribution >= 4 is 32.7 Å². The molecule has 5 nitrogen and oxygen atoms in total. The van der Waals surface area contributed by atoms with Crippen LogP contribution in [0.25, 0.3) is 11.0 Å². The molecule has 0 aliphatic rings. The molecule has 1 aromatic carbocycles. The second-order valence-corrected chi connectivity index (χ2v) is 7.34. The smallest absolute Gasteiger partial charge is 0.240 e. The first-order valence-corrected chi connectivity index (χ1v) is 9.07. The molecule has 0 unspecified atom stereocenters. The molecule has 3 rings (SSSR count). The van der Waals surface area contributed by atoms with E-state index in [4.69, 9.17) is 11.6 Å². The zero-order chi connectivity index (χ0) is 16.3. The van der Waals surface area contributed by atoms with Gasteiger partial charge >= 0.3 is 0 Å². The fourth-order valence-electron chi connectivity index (χ4n) is 2.37. The van der Waals surface area contributed by atoms with Crippen LogP contribution in [0.5, 0.6) is 0 Å². The first kappa shape index (κ1) is 16.0. The van der Waals surface area contributed by atoms with E-state index in [0.29, 0.717) is 24.5 Å². The van der Waals surface area contributed by atoms with Gasteiger partial charge in [-0.2, -0.15) is 0 Å². The summed E-state index contributed by atoms with van der Waals surface area (Å²) in [7, 11) is -3.53. The number of pyridine rings is 1. The van der Waals surface area contributed by atoms with Gasteiger partial charge in [-0.05, 0) is 42.8 Å². The van der Waals surface area contributed by atoms with Gasteiger partial charge in [-0.1, -0.05) is 17.7 Å². The van der Waals surface area contributed by atoms with Crippen molar-refractivity contribution in [3.05, 3.63) is 59.9 Å². The molecular weight excluding hydrogens is 334 g/mol. The zero-order valence-corrected chi connectivity index (χ0v) is 13.9. The summed E-state index contributed by atoms with van der Waals surface area (Å²) in [5.41, 5.74) is 0.908. The van der Waals surface area contributed by atoms with Crippen molar-refractivity contribution in [3.8, 4) is 0 Å². The van der Waals surface area contributed by atoms with E-state index in [2.05, 4.69) is 9.71 Å². The molecular formula is C16H16ClN3O2S. The van der Waals surface area contributed by atoms with Crippen LogP contribution in [0.2, 0.25) is 5.02 Å². The molecule has 7 heteroatoms. The Kier molecular flexibility index (Phi) is 4.66. The van der Waals surface area contributed by atoms with Crippen LogP contribution in [-0.4, -0.2) is 24.5 Å². The average Bonchev–Trinajstić information content (AvgIpc) is 2.95. The van der Waals surface area contributed by atoms with E-state index in [9.17, 15) is 8.42 Å². The minimum atomic E-state index is -3.53. The van der Waals surface area contributed by atoms with Crippen molar-refractivity contribution in [1.29, 1.82) is 0 Å². The van der Waals surface area contributed by atoms with Crippen molar-refractivity contribution in [2.24, 2.45) is 0 Å². The lowest BCUT2D eigenvalue weighted by Crippen LogP contribution is -2.25. The van der Waals surface area contributed by atoms with Crippen LogP contribution < -0.4 is 4.72 Å². The van der Waals surface area contributed by atoms with Gasteiger partial charge in [0, 0.05) is 35.9 Å². The molecule has 23 heavy (non-hydrogen) atoms. The zero-order valence-electron chi connectivity index (χ0n) is 12.3. The maximum absolute atomic E-state index is 12.2. The number of aryl methyl sites for hydroxylation is 1. The van der Waals surface area contributed by atoms with Gasteiger partial charge in [0.15, 0.2) is 0 Å². The molecule has 2 heterocycles. The molecule has 0 amide bonds. The number of halogens is 1. The summed E-state index contributed by atoms with van der Waals surface area (Å²) in [6, 6.07) is 12.1. The Hall–Kier alpha value is -1.89. The predicted octanol–water partition coefficient (Wildman–Crippen LogP) is 3.06. The van der Waals surface area contributed by atoms with Crippen LogP contribution in [0.15, 0.2) is 59.8 Å². The second-order valence-electron chi connectivity index (χ2n) is 5.13. The van der Waals surface area contributed by atoms with Gasteiger partial charge in [-0.3, -0.25) is 0 Å². The molecule has 0 bridgehead atoms. The second kappa shape index (κ2) is 6.70. The van der Waals surface area contributed by atoms with E-state index >= 15 is 0 Å². The molecule has 0 saturated carbocycles. The Balaban J connectivity index is 1.59. The van der Waals surface area contributed by atoms with Crippen LogP contribution in [0.1, 0.15) is 6.42 Å². The maximum Gasteiger partial charge on any atom is 0.240 e. The van der Waals surface area contributed by atoms with Gasteiger partial charge in [0.25, 0.3) is 0 Å². The van der Waals surface area contributed by atoms with Crippen molar-refractivity contribution in [2.75, 3.05) is 6.54 Å². The Morgan fingerprint density at radius 2 is 2.04 bits per heavy atom. The molecule has 0 fully saturated rings. The Morgan fingerprint density at radius 1 is 1.17 bits per heavy atom. The summed E-state index contributed by atoms with van der Waals surface area (Å²) in [6.45, 7) is 1.04. The highest BCUT2D eigenvalue weighted by molar-refractivity contribution is 7.89. The van der Waals surface area contributed by atoms with E-state index in [-0.39, 0.29) is 4.90 Å². The molecule has 0 radical (unpaired) electrons. The highest BCUT2D eigenvalue weighted by Gasteiger charge is 2.13.